The van der Waals surface area contributed by atoms with E-state index in [-0.39, 0.29) is 11.8 Å². The summed E-state index contributed by atoms with van der Waals surface area (Å²) in [5, 5.41) is 0. The number of methoxy groups -OCH3 is 1. The number of nitrogens with zero attached hydrogens (tertiary/aromatic N) is 4. The maximum atomic E-state index is 14.0. The summed E-state index contributed by atoms with van der Waals surface area (Å²) in [6.07, 6.45) is 5.34. The number of carbonyl (C=O) groups is 1. The van der Waals surface area contributed by atoms with Crippen molar-refractivity contribution in [3.8, 4) is 5.88 Å². The molecule has 7 heteroatoms. The number of ether oxygens (including phenoxy) is 2. The van der Waals surface area contributed by atoms with Gasteiger partial charge < -0.3 is 14.4 Å². The number of morpholine rings is 1. The zero-order valence-electron chi connectivity index (χ0n) is 18.8. The van der Waals surface area contributed by atoms with Gasteiger partial charge in [-0.15, -0.1) is 0 Å². The van der Waals surface area contributed by atoms with Crippen molar-refractivity contribution in [3.63, 3.8) is 0 Å². The highest BCUT2D eigenvalue weighted by atomic mass is 16.5. The summed E-state index contributed by atoms with van der Waals surface area (Å²) in [5.74, 6) is 0.546. The fourth-order valence-electron chi connectivity index (χ4n) is 5.05. The minimum absolute atomic E-state index is 0.0482. The van der Waals surface area contributed by atoms with Crippen LogP contribution in [0.25, 0.3) is 0 Å². The second kappa shape index (κ2) is 9.29. The van der Waals surface area contributed by atoms with Crippen LogP contribution in [0.2, 0.25) is 0 Å². The SMILES string of the molecule is COc1ncccc1CN1C[C@H](c2cccnc2)[C@]2(C1)OCCN(Cc1ccccc1)C2=O. The molecule has 33 heavy (non-hydrogen) atoms. The second-order valence-electron chi connectivity index (χ2n) is 8.63. The molecule has 2 aliphatic heterocycles. The molecule has 0 bridgehead atoms. The first kappa shape index (κ1) is 21.6. The Balaban J connectivity index is 1.45. The number of rotatable bonds is 6. The highest BCUT2D eigenvalue weighted by Crippen LogP contribution is 2.42. The lowest BCUT2D eigenvalue weighted by atomic mass is 9.83. The molecule has 1 amide bonds. The summed E-state index contributed by atoms with van der Waals surface area (Å²) < 4.78 is 11.8. The van der Waals surface area contributed by atoms with Crippen LogP contribution >= 0.6 is 0 Å². The number of pyridine rings is 2. The predicted octanol–water partition coefficient (Wildman–Crippen LogP) is 2.88. The Bertz CT molecular complexity index is 1090. The molecule has 2 aliphatic rings. The average Bonchev–Trinajstić information content (AvgIpc) is 3.22. The molecule has 0 N–H and O–H groups in total. The van der Waals surface area contributed by atoms with Crippen molar-refractivity contribution >= 4 is 5.91 Å². The number of hydrogen-bond acceptors (Lipinski definition) is 6. The van der Waals surface area contributed by atoms with Crippen LogP contribution in [0.3, 0.4) is 0 Å². The summed E-state index contributed by atoms with van der Waals surface area (Å²) in [5.41, 5.74) is 2.20. The van der Waals surface area contributed by atoms with E-state index in [2.05, 4.69) is 27.0 Å². The Hall–Kier alpha value is -3.29. The van der Waals surface area contributed by atoms with Crippen molar-refractivity contribution in [2.45, 2.75) is 24.6 Å². The molecule has 2 saturated heterocycles. The normalized spacial score (nSPS) is 23.2. The van der Waals surface area contributed by atoms with Crippen molar-refractivity contribution < 1.29 is 14.3 Å². The number of carbonyl (C=O) groups excluding carboxylic acids is 1. The number of amides is 1. The van der Waals surface area contributed by atoms with Gasteiger partial charge in [-0.2, -0.15) is 0 Å². The van der Waals surface area contributed by atoms with Crippen LogP contribution in [0.4, 0.5) is 0 Å². The quantitative estimate of drug-likeness (QED) is 0.583. The van der Waals surface area contributed by atoms with E-state index in [0.717, 1.165) is 16.7 Å². The Morgan fingerprint density at radius 3 is 2.73 bits per heavy atom. The molecule has 1 spiro atoms. The van der Waals surface area contributed by atoms with Crippen molar-refractivity contribution in [3.05, 3.63) is 89.9 Å². The van der Waals surface area contributed by atoms with Gasteiger partial charge in [0, 0.05) is 62.8 Å². The summed E-state index contributed by atoms with van der Waals surface area (Å²) >= 11 is 0. The average molecular weight is 445 g/mol. The zero-order valence-corrected chi connectivity index (χ0v) is 18.8. The number of hydrogen-bond donors (Lipinski definition) is 0. The molecular formula is C26H28N4O3. The predicted molar refractivity (Wildman–Crippen MR) is 124 cm³/mol. The molecule has 2 fully saturated rings. The number of aromatic nitrogens is 2. The highest BCUT2D eigenvalue weighted by molar-refractivity contribution is 5.88. The minimum Gasteiger partial charge on any atom is -0.481 e. The van der Waals surface area contributed by atoms with E-state index < -0.39 is 5.60 Å². The molecule has 4 heterocycles. The highest BCUT2D eigenvalue weighted by Gasteiger charge is 2.57. The summed E-state index contributed by atoms with van der Waals surface area (Å²) in [4.78, 5) is 26.8. The largest absolute Gasteiger partial charge is 0.481 e. The van der Waals surface area contributed by atoms with Gasteiger partial charge in [0.1, 0.15) is 0 Å². The third-order valence-electron chi connectivity index (χ3n) is 6.57. The first-order chi connectivity index (χ1) is 16.2. The van der Waals surface area contributed by atoms with Gasteiger partial charge in [-0.1, -0.05) is 42.5 Å². The van der Waals surface area contributed by atoms with E-state index in [9.17, 15) is 4.79 Å². The molecule has 5 rings (SSSR count). The second-order valence-corrected chi connectivity index (χ2v) is 8.63. The molecule has 2 aromatic heterocycles. The van der Waals surface area contributed by atoms with Crippen molar-refractivity contribution in [2.24, 2.45) is 0 Å². The van der Waals surface area contributed by atoms with E-state index >= 15 is 0 Å². The van der Waals surface area contributed by atoms with E-state index in [1.165, 1.54) is 0 Å². The maximum absolute atomic E-state index is 14.0. The van der Waals surface area contributed by atoms with E-state index in [1.807, 2.05) is 53.6 Å². The lowest BCUT2D eigenvalue weighted by Crippen LogP contribution is -2.59. The molecule has 0 unspecified atom stereocenters. The standard InChI is InChI=1S/C26H28N4O3/c1-32-24-22(10-6-12-28-24)17-29-18-23(21-9-5-11-27-15-21)26(19-29)25(31)30(13-14-33-26)16-20-7-3-2-4-8-20/h2-12,15,23H,13-14,16-19H2,1H3/t23-,26+/m1/s1. The minimum atomic E-state index is -0.939. The van der Waals surface area contributed by atoms with Crippen LogP contribution in [0.1, 0.15) is 22.6 Å². The molecular weight excluding hydrogens is 416 g/mol. The third kappa shape index (κ3) is 4.21. The fraction of sp³-hybridized carbons (Fsp3) is 0.346. The Morgan fingerprint density at radius 1 is 1.09 bits per heavy atom. The molecule has 2 atom stereocenters. The summed E-state index contributed by atoms with van der Waals surface area (Å²) in [7, 11) is 1.63. The maximum Gasteiger partial charge on any atom is 0.257 e. The van der Waals surface area contributed by atoms with Crippen LogP contribution in [0, 0.1) is 0 Å². The molecule has 7 nitrogen and oxygen atoms in total. The smallest absolute Gasteiger partial charge is 0.257 e. The van der Waals surface area contributed by atoms with Crippen LogP contribution in [-0.2, 0) is 22.6 Å². The zero-order chi connectivity index (χ0) is 22.7. The molecule has 0 saturated carbocycles. The monoisotopic (exact) mass is 444 g/mol. The van der Waals surface area contributed by atoms with Gasteiger partial charge in [-0.3, -0.25) is 14.7 Å². The first-order valence-corrected chi connectivity index (χ1v) is 11.3. The lowest BCUT2D eigenvalue weighted by Gasteiger charge is -2.42. The summed E-state index contributed by atoms with van der Waals surface area (Å²) in [6.45, 7) is 3.51. The van der Waals surface area contributed by atoms with Crippen molar-refractivity contribution in [1.29, 1.82) is 0 Å². The molecule has 1 aromatic carbocycles. The van der Waals surface area contributed by atoms with E-state index in [1.54, 1.807) is 19.5 Å². The topological polar surface area (TPSA) is 67.8 Å². The number of likely N-dealkylation sites (tertiary alicyclic amines) is 1. The lowest BCUT2D eigenvalue weighted by molar-refractivity contribution is -0.173. The molecule has 0 aliphatic carbocycles. The molecule has 3 aromatic rings. The van der Waals surface area contributed by atoms with Gasteiger partial charge in [-0.05, 0) is 23.3 Å². The van der Waals surface area contributed by atoms with Gasteiger partial charge in [0.2, 0.25) is 5.88 Å². The van der Waals surface area contributed by atoms with Gasteiger partial charge in [0.15, 0.2) is 5.60 Å². The van der Waals surface area contributed by atoms with Crippen molar-refractivity contribution in [2.75, 3.05) is 33.4 Å². The van der Waals surface area contributed by atoms with E-state index in [4.69, 9.17) is 9.47 Å². The van der Waals surface area contributed by atoms with Gasteiger partial charge in [-0.25, -0.2) is 4.98 Å². The first-order valence-electron chi connectivity index (χ1n) is 11.3. The fourth-order valence-corrected chi connectivity index (χ4v) is 5.05. The van der Waals surface area contributed by atoms with Gasteiger partial charge in [0.05, 0.1) is 13.7 Å². The van der Waals surface area contributed by atoms with Crippen LogP contribution in [0.5, 0.6) is 5.88 Å². The van der Waals surface area contributed by atoms with Crippen LogP contribution in [0.15, 0.2) is 73.2 Å². The van der Waals surface area contributed by atoms with E-state index in [0.29, 0.717) is 45.2 Å². The van der Waals surface area contributed by atoms with Crippen LogP contribution < -0.4 is 4.74 Å². The van der Waals surface area contributed by atoms with Crippen LogP contribution in [-0.4, -0.2) is 64.6 Å². The Morgan fingerprint density at radius 2 is 1.94 bits per heavy atom. The van der Waals surface area contributed by atoms with Gasteiger partial charge in [0.25, 0.3) is 5.91 Å². The Labute approximate surface area is 194 Å². The Kier molecular flexibility index (Phi) is 6.07. The van der Waals surface area contributed by atoms with Crippen molar-refractivity contribution in [1.82, 2.24) is 19.8 Å². The number of benzene rings is 1. The van der Waals surface area contributed by atoms with Gasteiger partial charge >= 0.3 is 0 Å². The molecule has 170 valence electrons. The third-order valence-corrected chi connectivity index (χ3v) is 6.57. The molecule has 0 radical (unpaired) electrons. The summed E-state index contributed by atoms with van der Waals surface area (Å²) in [6, 6.07) is 18.0.